The fourth-order valence-corrected chi connectivity index (χ4v) is 4.45. The Kier molecular flexibility index (Phi) is 4.47. The van der Waals surface area contributed by atoms with Gasteiger partial charge in [-0.25, -0.2) is 5.01 Å². The Bertz CT molecular complexity index is 1070. The molecule has 3 aromatic carbocycles. The van der Waals surface area contributed by atoms with Crippen LogP contribution in [0.1, 0.15) is 35.4 Å². The maximum Gasteiger partial charge on any atom is 0.213 e. The van der Waals surface area contributed by atoms with Crippen molar-refractivity contribution in [1.82, 2.24) is 5.01 Å². The van der Waals surface area contributed by atoms with Gasteiger partial charge in [-0.15, -0.1) is 0 Å². The van der Waals surface area contributed by atoms with E-state index in [1.807, 2.05) is 53.5 Å². The zero-order valence-electron chi connectivity index (χ0n) is 14.6. The molecule has 0 aromatic heterocycles. The van der Waals surface area contributed by atoms with Gasteiger partial charge in [-0.05, 0) is 29.8 Å². The quantitative estimate of drug-likeness (QED) is 0.443. The van der Waals surface area contributed by atoms with Crippen molar-refractivity contribution in [2.75, 3.05) is 0 Å². The van der Waals surface area contributed by atoms with Gasteiger partial charge in [0.05, 0.1) is 16.8 Å². The van der Waals surface area contributed by atoms with Gasteiger partial charge >= 0.3 is 0 Å². The number of benzene rings is 3. The summed E-state index contributed by atoms with van der Waals surface area (Å²) in [6.45, 7) is 0. The number of hydrogen-bond acceptors (Lipinski definition) is 3. The van der Waals surface area contributed by atoms with Gasteiger partial charge in [0.15, 0.2) is 0 Å². The largest absolute Gasteiger partial charge is 0.463 e. The van der Waals surface area contributed by atoms with Crippen LogP contribution in [-0.4, -0.2) is 10.7 Å². The van der Waals surface area contributed by atoms with Crippen molar-refractivity contribution in [2.45, 2.75) is 18.7 Å². The second-order valence-corrected chi connectivity index (χ2v) is 8.12. The first-order valence-corrected chi connectivity index (χ1v) is 10.1. The maximum atomic E-state index is 6.48. The Balaban J connectivity index is 1.63. The first kappa shape index (κ1) is 17.9. The molecule has 0 amide bonds. The van der Waals surface area contributed by atoms with E-state index in [4.69, 9.17) is 44.6 Å². The minimum Gasteiger partial charge on any atom is -0.463 e. The molecule has 0 bridgehead atoms. The second-order valence-electron chi connectivity index (χ2n) is 6.84. The number of hydrogen-bond donors (Lipinski definition) is 0. The minimum atomic E-state index is -0.394. The van der Waals surface area contributed by atoms with E-state index >= 15 is 0 Å². The lowest BCUT2D eigenvalue weighted by Crippen LogP contribution is -2.33. The summed E-state index contributed by atoms with van der Waals surface area (Å²) in [5.74, 6) is 0.664. The fraction of sp³-hybridized carbons (Fsp3) is 0.136. The van der Waals surface area contributed by atoms with Crippen LogP contribution in [0.2, 0.25) is 15.1 Å². The van der Waals surface area contributed by atoms with E-state index in [0.717, 1.165) is 28.8 Å². The average Bonchev–Trinajstić information content (AvgIpc) is 3.15. The van der Waals surface area contributed by atoms with Gasteiger partial charge in [0.1, 0.15) is 5.75 Å². The van der Waals surface area contributed by atoms with Crippen molar-refractivity contribution < 1.29 is 4.74 Å². The summed E-state index contributed by atoms with van der Waals surface area (Å²) in [4.78, 5) is 0. The van der Waals surface area contributed by atoms with Gasteiger partial charge in [-0.2, -0.15) is 5.10 Å². The molecule has 2 aliphatic rings. The molecule has 0 spiro atoms. The lowest BCUT2D eigenvalue weighted by Gasteiger charge is -2.38. The van der Waals surface area contributed by atoms with E-state index in [1.54, 1.807) is 6.07 Å². The van der Waals surface area contributed by atoms with Crippen molar-refractivity contribution in [2.24, 2.45) is 5.10 Å². The van der Waals surface area contributed by atoms with Crippen LogP contribution in [0, 0.1) is 0 Å². The van der Waals surface area contributed by atoms with Crippen molar-refractivity contribution in [1.29, 1.82) is 0 Å². The number of rotatable bonds is 2. The van der Waals surface area contributed by atoms with Gasteiger partial charge in [-0.1, -0.05) is 77.3 Å². The molecule has 0 saturated heterocycles. The molecule has 0 radical (unpaired) electrons. The van der Waals surface area contributed by atoms with Crippen molar-refractivity contribution >= 4 is 40.5 Å². The van der Waals surface area contributed by atoms with Crippen LogP contribution in [-0.2, 0) is 0 Å². The Morgan fingerprint density at radius 1 is 0.893 bits per heavy atom. The smallest absolute Gasteiger partial charge is 0.213 e. The molecule has 2 heterocycles. The number of ether oxygens (including phenoxy) is 1. The van der Waals surface area contributed by atoms with E-state index in [2.05, 4.69) is 12.1 Å². The highest BCUT2D eigenvalue weighted by atomic mass is 35.5. The molecular formula is C22H15Cl3N2O. The molecule has 2 aliphatic heterocycles. The summed E-state index contributed by atoms with van der Waals surface area (Å²) in [7, 11) is 0. The zero-order chi connectivity index (χ0) is 19.3. The highest BCUT2D eigenvalue weighted by molar-refractivity contribution is 6.35. The third-order valence-electron chi connectivity index (χ3n) is 5.07. The molecule has 0 fully saturated rings. The predicted octanol–water partition coefficient (Wildman–Crippen LogP) is 6.89. The molecule has 2 atom stereocenters. The third-order valence-corrected chi connectivity index (χ3v) is 5.82. The van der Waals surface area contributed by atoms with E-state index in [1.165, 1.54) is 0 Å². The van der Waals surface area contributed by atoms with E-state index < -0.39 is 6.23 Å². The lowest BCUT2D eigenvalue weighted by molar-refractivity contribution is -0.0189. The third kappa shape index (κ3) is 3.04. The molecule has 0 unspecified atom stereocenters. The van der Waals surface area contributed by atoms with Crippen LogP contribution in [0.25, 0.3) is 0 Å². The molecule has 3 nitrogen and oxygen atoms in total. The Labute approximate surface area is 178 Å². The molecule has 5 rings (SSSR count). The lowest BCUT2D eigenvalue weighted by atomic mass is 9.96. The van der Waals surface area contributed by atoms with Crippen LogP contribution in [0.3, 0.4) is 0 Å². The number of fused-ring (bicyclic) bond motifs is 3. The van der Waals surface area contributed by atoms with Crippen LogP contribution in [0.15, 0.2) is 71.8 Å². The van der Waals surface area contributed by atoms with Crippen LogP contribution in [0.4, 0.5) is 0 Å². The summed E-state index contributed by atoms with van der Waals surface area (Å²) in [5, 5.41) is 8.70. The molecule has 6 heteroatoms. The highest BCUT2D eigenvalue weighted by Gasteiger charge is 2.42. The van der Waals surface area contributed by atoms with Crippen molar-refractivity contribution in [3.63, 3.8) is 0 Å². The van der Waals surface area contributed by atoms with E-state index in [0.29, 0.717) is 20.8 Å². The molecule has 0 saturated carbocycles. The van der Waals surface area contributed by atoms with Gasteiger partial charge in [-0.3, -0.25) is 0 Å². The fourth-order valence-electron chi connectivity index (χ4n) is 3.77. The van der Waals surface area contributed by atoms with Crippen LogP contribution < -0.4 is 4.74 Å². The zero-order valence-corrected chi connectivity index (χ0v) is 16.9. The first-order chi connectivity index (χ1) is 13.6. The standard InChI is InChI=1S/C22H15Cl3N2O/c23-15-8-6-14(7-9-15)22-27-20(12-19(26-27)13-4-2-1-3-5-13)17-10-16(24)11-18(25)21(17)28-22/h1-11,20,22H,12H2/t20-,22+/m1/s1. The van der Waals surface area contributed by atoms with E-state index in [-0.39, 0.29) is 6.04 Å². The molecule has 0 N–H and O–H groups in total. The Morgan fingerprint density at radius 3 is 2.39 bits per heavy atom. The average molecular weight is 430 g/mol. The van der Waals surface area contributed by atoms with Crippen LogP contribution >= 0.6 is 34.8 Å². The summed E-state index contributed by atoms with van der Waals surface area (Å²) >= 11 is 18.8. The monoisotopic (exact) mass is 428 g/mol. The summed E-state index contributed by atoms with van der Waals surface area (Å²) in [6, 6.07) is 21.4. The molecule has 3 aromatic rings. The minimum absolute atomic E-state index is 0.00386. The highest BCUT2D eigenvalue weighted by Crippen LogP contribution is 2.50. The van der Waals surface area contributed by atoms with Gasteiger partial charge < -0.3 is 4.74 Å². The molecule has 0 aliphatic carbocycles. The molecule has 28 heavy (non-hydrogen) atoms. The summed E-state index contributed by atoms with van der Waals surface area (Å²) in [6.07, 6.45) is 0.357. The number of halogens is 3. The SMILES string of the molecule is Clc1ccc([C@@H]2Oc3c(Cl)cc(Cl)cc3[C@H]3CC(c4ccccc4)=NN32)cc1. The molecule has 140 valence electrons. The van der Waals surface area contributed by atoms with Crippen molar-refractivity contribution in [3.8, 4) is 5.75 Å². The van der Waals surface area contributed by atoms with Crippen LogP contribution in [0.5, 0.6) is 5.75 Å². The predicted molar refractivity (Wildman–Crippen MR) is 113 cm³/mol. The van der Waals surface area contributed by atoms with Gasteiger partial charge in [0.25, 0.3) is 0 Å². The van der Waals surface area contributed by atoms with Crippen molar-refractivity contribution in [3.05, 3.63) is 98.5 Å². The second kappa shape index (κ2) is 7.00. The number of nitrogens with zero attached hydrogens (tertiary/aromatic N) is 2. The topological polar surface area (TPSA) is 24.8 Å². The number of hydrazone groups is 1. The van der Waals surface area contributed by atoms with E-state index in [9.17, 15) is 0 Å². The van der Waals surface area contributed by atoms with Gasteiger partial charge in [0, 0.05) is 27.6 Å². The first-order valence-electron chi connectivity index (χ1n) is 8.92. The Hall–Kier alpha value is -2.20. The van der Waals surface area contributed by atoms with Gasteiger partial charge in [0.2, 0.25) is 6.23 Å². The summed E-state index contributed by atoms with van der Waals surface area (Å²) in [5.41, 5.74) is 4.03. The maximum absolute atomic E-state index is 6.48. The normalized spacial score (nSPS) is 20.2. The Morgan fingerprint density at radius 2 is 1.64 bits per heavy atom. The summed E-state index contributed by atoms with van der Waals surface area (Å²) < 4.78 is 6.33. The molecular weight excluding hydrogens is 415 g/mol.